The number of piperazine rings is 1. The average molecular weight is 456 g/mol. The number of fused-ring (bicyclic) bond motifs is 2. The van der Waals surface area contributed by atoms with Gasteiger partial charge in [0, 0.05) is 54.6 Å². The van der Waals surface area contributed by atoms with Crippen LogP contribution >= 0.6 is 0 Å². The summed E-state index contributed by atoms with van der Waals surface area (Å²) in [4.78, 5) is 29.9. The van der Waals surface area contributed by atoms with Gasteiger partial charge in [0.2, 0.25) is 11.8 Å². The number of hydrogen-bond acceptors (Lipinski definition) is 4. The van der Waals surface area contributed by atoms with Crippen LogP contribution in [0.5, 0.6) is 11.5 Å². The lowest BCUT2D eigenvalue weighted by molar-refractivity contribution is -0.132. The smallest absolute Gasteiger partial charge is 0.234 e. The summed E-state index contributed by atoms with van der Waals surface area (Å²) in [5.41, 5.74) is 3.74. The molecule has 3 aromatic rings. The van der Waals surface area contributed by atoms with Crippen molar-refractivity contribution in [2.45, 2.75) is 19.8 Å². The summed E-state index contributed by atoms with van der Waals surface area (Å²) in [6.45, 7) is 6.59. The van der Waals surface area contributed by atoms with E-state index in [-0.39, 0.29) is 23.7 Å². The van der Waals surface area contributed by atoms with Gasteiger partial charge in [-0.05, 0) is 36.4 Å². The van der Waals surface area contributed by atoms with E-state index in [9.17, 15) is 9.59 Å². The fourth-order valence-corrected chi connectivity index (χ4v) is 4.59. The van der Waals surface area contributed by atoms with Gasteiger partial charge >= 0.3 is 0 Å². The molecule has 3 aromatic carbocycles. The molecular weight excluding hydrogens is 426 g/mol. The fraction of sp³-hybridized carbons (Fsp3) is 0.286. The molecule has 0 atom stereocenters. The van der Waals surface area contributed by atoms with Crippen molar-refractivity contribution in [3.05, 3.63) is 83.9 Å². The van der Waals surface area contributed by atoms with Crippen molar-refractivity contribution in [3.63, 3.8) is 0 Å². The molecule has 0 unspecified atom stereocenters. The minimum Gasteiger partial charge on any atom is -0.457 e. The highest BCUT2D eigenvalue weighted by atomic mass is 16.5. The zero-order chi connectivity index (χ0) is 23.7. The van der Waals surface area contributed by atoms with Gasteiger partial charge in [-0.1, -0.05) is 50.2 Å². The first kappa shape index (κ1) is 22.0. The Labute approximate surface area is 200 Å². The number of hydrogen-bond donors (Lipinski definition) is 1. The maximum atomic E-state index is 13.7. The summed E-state index contributed by atoms with van der Waals surface area (Å²) in [6, 6.07) is 23.5. The average Bonchev–Trinajstić information content (AvgIpc) is 2.87. The van der Waals surface area contributed by atoms with Crippen molar-refractivity contribution < 1.29 is 14.3 Å². The number of anilines is 2. The Bertz CT molecular complexity index is 1150. The van der Waals surface area contributed by atoms with Crippen LogP contribution in [0.15, 0.2) is 72.8 Å². The highest BCUT2D eigenvalue weighted by molar-refractivity contribution is 5.92. The minimum atomic E-state index is -0.350. The summed E-state index contributed by atoms with van der Waals surface area (Å²) < 4.78 is 6.06. The molecule has 0 spiro atoms. The molecule has 0 aromatic heterocycles. The second kappa shape index (κ2) is 9.21. The summed E-state index contributed by atoms with van der Waals surface area (Å²) >= 11 is 0. The molecule has 34 heavy (non-hydrogen) atoms. The molecule has 2 aliphatic heterocycles. The van der Waals surface area contributed by atoms with Gasteiger partial charge in [0.05, 0.1) is 5.92 Å². The second-order valence-electron chi connectivity index (χ2n) is 9.11. The molecule has 5 rings (SSSR count). The molecule has 0 saturated carbocycles. The lowest BCUT2D eigenvalue weighted by atomic mass is 9.86. The van der Waals surface area contributed by atoms with E-state index in [0.717, 1.165) is 47.1 Å². The van der Waals surface area contributed by atoms with Crippen LogP contribution in [0.3, 0.4) is 0 Å². The first-order chi connectivity index (χ1) is 16.5. The molecule has 6 nitrogen and oxygen atoms in total. The van der Waals surface area contributed by atoms with Crippen LogP contribution in [-0.2, 0) is 9.59 Å². The highest BCUT2D eigenvalue weighted by Gasteiger charge is 2.36. The predicted octanol–water partition coefficient (Wildman–Crippen LogP) is 4.87. The maximum Gasteiger partial charge on any atom is 0.234 e. The molecule has 1 N–H and O–H groups in total. The van der Waals surface area contributed by atoms with Gasteiger partial charge in [0.15, 0.2) is 0 Å². The van der Waals surface area contributed by atoms with E-state index in [1.165, 1.54) is 0 Å². The van der Waals surface area contributed by atoms with Gasteiger partial charge in [-0.3, -0.25) is 9.59 Å². The van der Waals surface area contributed by atoms with Crippen LogP contribution in [0, 0.1) is 5.92 Å². The largest absolute Gasteiger partial charge is 0.457 e. The molecule has 2 aliphatic rings. The molecule has 1 saturated heterocycles. The number of para-hydroxylation sites is 2. The molecular formula is C28H29N3O3. The molecule has 174 valence electrons. The van der Waals surface area contributed by atoms with Gasteiger partial charge in [0.25, 0.3) is 0 Å². The molecule has 0 aliphatic carbocycles. The third kappa shape index (κ3) is 4.23. The topological polar surface area (TPSA) is 61.9 Å². The maximum absolute atomic E-state index is 13.7. The van der Waals surface area contributed by atoms with Crippen LogP contribution in [-0.4, -0.2) is 42.9 Å². The number of rotatable bonds is 4. The van der Waals surface area contributed by atoms with Crippen molar-refractivity contribution in [1.29, 1.82) is 0 Å². The summed E-state index contributed by atoms with van der Waals surface area (Å²) in [7, 11) is 0. The first-order valence-corrected chi connectivity index (χ1v) is 11.8. The molecule has 2 amide bonds. The van der Waals surface area contributed by atoms with Crippen LogP contribution in [0.25, 0.3) is 0 Å². The van der Waals surface area contributed by atoms with Crippen molar-refractivity contribution >= 4 is 23.2 Å². The summed E-state index contributed by atoms with van der Waals surface area (Å²) in [5, 5.41) is 2.93. The second-order valence-corrected chi connectivity index (χ2v) is 9.11. The van der Waals surface area contributed by atoms with Crippen LogP contribution in [0.2, 0.25) is 0 Å². The van der Waals surface area contributed by atoms with Crippen molar-refractivity contribution in [2.75, 3.05) is 36.4 Å². The Hall–Kier alpha value is -3.80. The quantitative estimate of drug-likeness (QED) is 0.610. The van der Waals surface area contributed by atoms with Gasteiger partial charge in [-0.25, -0.2) is 0 Å². The number of carbonyl (C=O) groups is 2. The lowest BCUT2D eigenvalue weighted by Gasteiger charge is -2.38. The number of amides is 2. The summed E-state index contributed by atoms with van der Waals surface area (Å²) in [6.07, 6.45) is 0. The van der Waals surface area contributed by atoms with E-state index >= 15 is 0 Å². The van der Waals surface area contributed by atoms with Crippen LogP contribution < -0.4 is 15.0 Å². The van der Waals surface area contributed by atoms with Crippen molar-refractivity contribution in [2.24, 2.45) is 5.92 Å². The monoisotopic (exact) mass is 455 g/mol. The number of ether oxygens (including phenoxy) is 1. The summed E-state index contributed by atoms with van der Waals surface area (Å²) in [5.74, 6) is 1.23. The van der Waals surface area contributed by atoms with Gasteiger partial charge < -0.3 is 19.9 Å². The van der Waals surface area contributed by atoms with E-state index in [1.807, 2.05) is 91.5 Å². The molecule has 0 bridgehead atoms. The third-order valence-electron chi connectivity index (χ3n) is 6.54. The highest BCUT2D eigenvalue weighted by Crippen LogP contribution is 2.44. The first-order valence-electron chi connectivity index (χ1n) is 11.8. The van der Waals surface area contributed by atoms with Crippen LogP contribution in [0.1, 0.15) is 30.9 Å². The normalized spacial score (nSPS) is 15.4. The predicted molar refractivity (Wildman–Crippen MR) is 134 cm³/mol. The zero-order valence-corrected chi connectivity index (χ0v) is 19.5. The van der Waals surface area contributed by atoms with Crippen molar-refractivity contribution in [3.8, 4) is 11.5 Å². The van der Waals surface area contributed by atoms with E-state index in [4.69, 9.17) is 4.74 Å². The zero-order valence-electron chi connectivity index (χ0n) is 19.5. The minimum absolute atomic E-state index is 0.0103. The van der Waals surface area contributed by atoms with Crippen molar-refractivity contribution in [1.82, 2.24) is 4.90 Å². The standard InChI is InChI=1S/C28H29N3O3/c1-19(2)27(32)29-20-11-13-21(14-12-20)30-15-17-31(18-16-30)28(33)26-22-7-3-5-9-24(22)34-25-10-6-4-8-23(25)26/h3-14,19,26H,15-18H2,1-2H3,(H,29,32). The lowest BCUT2D eigenvalue weighted by Crippen LogP contribution is -2.50. The van der Waals surface area contributed by atoms with E-state index in [2.05, 4.69) is 10.2 Å². The Kier molecular flexibility index (Phi) is 5.97. The Morgan fingerprint density at radius 2 is 1.38 bits per heavy atom. The Morgan fingerprint density at radius 3 is 1.94 bits per heavy atom. The Morgan fingerprint density at radius 1 is 0.824 bits per heavy atom. The van der Waals surface area contributed by atoms with Gasteiger partial charge in [0.1, 0.15) is 11.5 Å². The van der Waals surface area contributed by atoms with Crippen LogP contribution in [0.4, 0.5) is 11.4 Å². The Balaban J connectivity index is 1.28. The van der Waals surface area contributed by atoms with E-state index < -0.39 is 0 Å². The number of nitrogens with zero attached hydrogens (tertiary/aromatic N) is 2. The number of nitrogens with one attached hydrogen (secondary N) is 1. The number of benzene rings is 3. The van der Waals surface area contributed by atoms with Gasteiger partial charge in [-0.2, -0.15) is 0 Å². The third-order valence-corrected chi connectivity index (χ3v) is 6.54. The fourth-order valence-electron chi connectivity index (χ4n) is 4.59. The molecule has 2 heterocycles. The molecule has 0 radical (unpaired) electrons. The SMILES string of the molecule is CC(C)C(=O)Nc1ccc(N2CCN(C(=O)C3c4ccccc4Oc4ccccc43)CC2)cc1. The van der Waals surface area contributed by atoms with E-state index in [0.29, 0.717) is 13.1 Å². The van der Waals surface area contributed by atoms with Gasteiger partial charge in [-0.15, -0.1) is 0 Å². The molecule has 1 fully saturated rings. The molecule has 6 heteroatoms. The van der Waals surface area contributed by atoms with E-state index in [1.54, 1.807) is 0 Å². The number of carbonyl (C=O) groups excluding carboxylic acids is 2.